The molecule has 2 N–H and O–H groups in total. The Morgan fingerprint density at radius 1 is 1.27 bits per heavy atom. The molecule has 3 aromatic rings. The third-order valence-corrected chi connectivity index (χ3v) is 3.50. The van der Waals surface area contributed by atoms with E-state index >= 15 is 0 Å². The zero-order valence-corrected chi connectivity index (χ0v) is 12.0. The number of hydrogen-bond acceptors (Lipinski definition) is 4. The molecule has 6 heteroatoms. The van der Waals surface area contributed by atoms with Gasteiger partial charge in [-0.15, -0.1) is 0 Å². The molecule has 1 amide bonds. The van der Waals surface area contributed by atoms with E-state index in [2.05, 4.69) is 4.98 Å². The van der Waals surface area contributed by atoms with Crippen molar-refractivity contribution in [3.63, 3.8) is 0 Å². The molecule has 1 heterocycles. The van der Waals surface area contributed by atoms with Gasteiger partial charge in [-0.25, -0.2) is 10.5 Å². The molecule has 3 rings (SSSR count). The maximum atomic E-state index is 11.3. The normalized spacial score (nSPS) is 10.6. The van der Waals surface area contributed by atoms with Crippen molar-refractivity contribution in [2.45, 2.75) is 6.54 Å². The zero-order valence-electron chi connectivity index (χ0n) is 12.0. The fourth-order valence-corrected chi connectivity index (χ4v) is 2.32. The lowest BCUT2D eigenvalue weighted by Crippen LogP contribution is -2.18. The second-order valence-electron chi connectivity index (χ2n) is 4.86. The molecule has 0 radical (unpaired) electrons. The van der Waals surface area contributed by atoms with Gasteiger partial charge in [0.1, 0.15) is 5.75 Å². The fraction of sp³-hybridized carbons (Fsp3) is 0.125. The minimum Gasteiger partial charge on any atom is -0.497 e. The largest absolute Gasteiger partial charge is 0.497 e. The summed E-state index contributed by atoms with van der Waals surface area (Å²) in [5.41, 5.74) is 4.94. The summed E-state index contributed by atoms with van der Waals surface area (Å²) in [5, 5.41) is 8.60. The number of carbonyl (C=O) groups is 1. The fourth-order valence-electron chi connectivity index (χ4n) is 2.32. The van der Waals surface area contributed by atoms with Gasteiger partial charge in [-0.1, -0.05) is 12.1 Å². The van der Waals surface area contributed by atoms with Crippen LogP contribution in [0.5, 0.6) is 5.75 Å². The number of ether oxygens (including phenoxy) is 1. The Kier molecular flexibility index (Phi) is 3.76. The van der Waals surface area contributed by atoms with Crippen LogP contribution in [0.1, 0.15) is 15.9 Å². The van der Waals surface area contributed by atoms with Gasteiger partial charge in [-0.2, -0.15) is 0 Å². The molecule has 0 fully saturated rings. The first kappa shape index (κ1) is 14.1. The van der Waals surface area contributed by atoms with Gasteiger partial charge >= 0.3 is 0 Å². The molecular weight excluding hydrogens is 282 g/mol. The molecule has 0 aliphatic heterocycles. The Labute approximate surface area is 126 Å². The first-order valence-electron chi connectivity index (χ1n) is 6.73. The van der Waals surface area contributed by atoms with Crippen molar-refractivity contribution in [1.29, 1.82) is 0 Å². The number of benzene rings is 2. The van der Waals surface area contributed by atoms with Crippen LogP contribution >= 0.6 is 0 Å². The average molecular weight is 297 g/mol. The molecule has 0 aliphatic rings. The van der Waals surface area contributed by atoms with Crippen molar-refractivity contribution in [3.8, 4) is 5.75 Å². The molecule has 112 valence electrons. The summed E-state index contributed by atoms with van der Waals surface area (Å²) < 4.78 is 7.21. The van der Waals surface area contributed by atoms with E-state index in [9.17, 15) is 4.79 Å². The Bertz CT molecular complexity index is 809. The molecule has 0 unspecified atom stereocenters. The summed E-state index contributed by atoms with van der Waals surface area (Å²) in [6.07, 6.45) is 1.78. The molecule has 0 saturated carbocycles. The van der Waals surface area contributed by atoms with E-state index in [-0.39, 0.29) is 0 Å². The Morgan fingerprint density at radius 2 is 2.05 bits per heavy atom. The second kappa shape index (κ2) is 5.87. The minimum absolute atomic E-state index is 0.409. The third kappa shape index (κ3) is 2.64. The van der Waals surface area contributed by atoms with Gasteiger partial charge in [0.15, 0.2) is 0 Å². The van der Waals surface area contributed by atoms with Crippen molar-refractivity contribution in [2.75, 3.05) is 7.11 Å². The summed E-state index contributed by atoms with van der Waals surface area (Å²) in [5.74, 6) is 0.254. The highest BCUT2D eigenvalue weighted by Gasteiger charge is 2.06. The second-order valence-corrected chi connectivity index (χ2v) is 4.86. The SMILES string of the molecule is COc1ccc2c(c1)ncn2Cc1ccc(C(=O)NO)cc1. The van der Waals surface area contributed by atoms with Gasteiger partial charge in [0.25, 0.3) is 5.91 Å². The molecule has 1 aromatic heterocycles. The zero-order chi connectivity index (χ0) is 15.5. The highest BCUT2D eigenvalue weighted by molar-refractivity contribution is 5.93. The maximum Gasteiger partial charge on any atom is 0.274 e. The van der Waals surface area contributed by atoms with Gasteiger partial charge in [0.2, 0.25) is 0 Å². The number of fused-ring (bicyclic) bond motifs is 1. The molecule has 0 saturated heterocycles. The highest BCUT2D eigenvalue weighted by Crippen LogP contribution is 2.20. The number of nitrogens with one attached hydrogen (secondary N) is 1. The number of carbonyl (C=O) groups excluding carboxylic acids is 1. The quantitative estimate of drug-likeness (QED) is 0.572. The minimum atomic E-state index is -0.522. The Morgan fingerprint density at radius 3 is 2.73 bits per heavy atom. The molecule has 22 heavy (non-hydrogen) atoms. The predicted octanol–water partition coefficient (Wildman–Crippen LogP) is 2.21. The van der Waals surface area contributed by atoms with Crippen molar-refractivity contribution in [2.24, 2.45) is 0 Å². The lowest BCUT2D eigenvalue weighted by molar-refractivity contribution is 0.0706. The number of amides is 1. The summed E-state index contributed by atoms with van der Waals surface area (Å²) in [4.78, 5) is 15.7. The molecule has 0 bridgehead atoms. The van der Waals surface area contributed by atoms with Crippen LogP contribution in [0.25, 0.3) is 11.0 Å². The highest BCUT2D eigenvalue weighted by atomic mass is 16.5. The summed E-state index contributed by atoms with van der Waals surface area (Å²) in [6, 6.07) is 12.8. The topological polar surface area (TPSA) is 76.4 Å². The van der Waals surface area contributed by atoms with Crippen LogP contribution < -0.4 is 10.2 Å². The molecule has 0 aliphatic carbocycles. The van der Waals surface area contributed by atoms with Crippen LogP contribution in [-0.2, 0) is 6.54 Å². The Balaban J connectivity index is 1.85. The molecule has 0 atom stereocenters. The first-order valence-corrected chi connectivity index (χ1v) is 6.73. The van der Waals surface area contributed by atoms with Gasteiger partial charge in [0, 0.05) is 18.2 Å². The van der Waals surface area contributed by atoms with Crippen LogP contribution in [0.3, 0.4) is 0 Å². The predicted molar refractivity (Wildman–Crippen MR) is 81.1 cm³/mol. The van der Waals surface area contributed by atoms with E-state index in [0.29, 0.717) is 12.1 Å². The van der Waals surface area contributed by atoms with E-state index in [1.165, 1.54) is 0 Å². The number of aromatic nitrogens is 2. The van der Waals surface area contributed by atoms with Gasteiger partial charge in [-0.05, 0) is 29.8 Å². The third-order valence-electron chi connectivity index (χ3n) is 3.50. The van der Waals surface area contributed by atoms with Crippen LogP contribution in [0.2, 0.25) is 0 Å². The summed E-state index contributed by atoms with van der Waals surface area (Å²) >= 11 is 0. The summed E-state index contributed by atoms with van der Waals surface area (Å²) in [7, 11) is 1.63. The Hall–Kier alpha value is -2.86. The van der Waals surface area contributed by atoms with E-state index in [4.69, 9.17) is 9.94 Å². The van der Waals surface area contributed by atoms with E-state index in [0.717, 1.165) is 22.3 Å². The van der Waals surface area contributed by atoms with Crippen molar-refractivity contribution < 1.29 is 14.7 Å². The number of rotatable bonds is 4. The van der Waals surface area contributed by atoms with Crippen molar-refractivity contribution >= 4 is 16.9 Å². The van der Waals surface area contributed by atoms with Gasteiger partial charge in [-0.3, -0.25) is 10.0 Å². The van der Waals surface area contributed by atoms with Crippen molar-refractivity contribution in [3.05, 3.63) is 59.9 Å². The van der Waals surface area contributed by atoms with Crippen LogP contribution in [-0.4, -0.2) is 27.8 Å². The standard InChI is InChI=1S/C16H15N3O3/c1-22-13-6-7-15-14(8-13)17-10-19(15)9-11-2-4-12(5-3-11)16(20)18-21/h2-8,10,21H,9H2,1H3,(H,18,20). The van der Waals surface area contributed by atoms with E-state index in [1.54, 1.807) is 31.0 Å². The number of nitrogens with zero attached hydrogens (tertiary/aromatic N) is 2. The molecular formula is C16H15N3O3. The maximum absolute atomic E-state index is 11.3. The van der Waals surface area contributed by atoms with E-state index in [1.807, 2.05) is 34.9 Å². The van der Waals surface area contributed by atoms with Gasteiger partial charge < -0.3 is 9.30 Å². The van der Waals surface area contributed by atoms with Crippen molar-refractivity contribution in [1.82, 2.24) is 15.0 Å². The number of hydrogen-bond donors (Lipinski definition) is 2. The average Bonchev–Trinajstić information content (AvgIpc) is 2.97. The lowest BCUT2D eigenvalue weighted by Gasteiger charge is -2.06. The number of methoxy groups -OCH3 is 1. The number of imidazole rings is 1. The lowest BCUT2D eigenvalue weighted by atomic mass is 10.1. The van der Waals surface area contributed by atoms with Crippen LogP contribution in [0.15, 0.2) is 48.8 Å². The smallest absolute Gasteiger partial charge is 0.274 e. The monoisotopic (exact) mass is 297 g/mol. The van der Waals surface area contributed by atoms with Crippen LogP contribution in [0.4, 0.5) is 0 Å². The summed E-state index contributed by atoms with van der Waals surface area (Å²) in [6.45, 7) is 0.643. The van der Waals surface area contributed by atoms with E-state index < -0.39 is 5.91 Å². The molecule has 2 aromatic carbocycles. The molecule has 6 nitrogen and oxygen atoms in total. The van der Waals surface area contributed by atoms with Gasteiger partial charge in [0.05, 0.1) is 24.5 Å². The first-order chi connectivity index (χ1) is 10.7. The number of hydroxylamine groups is 1. The van der Waals surface area contributed by atoms with Crippen LogP contribution in [0, 0.1) is 0 Å². The molecule has 0 spiro atoms.